The lowest BCUT2D eigenvalue weighted by atomic mass is 10.0. The first kappa shape index (κ1) is 13.3. The number of halogens is 1. The molecule has 0 amide bonds. The van der Waals surface area contributed by atoms with Gasteiger partial charge in [0.15, 0.2) is 0 Å². The summed E-state index contributed by atoms with van der Waals surface area (Å²) in [7, 11) is 0. The van der Waals surface area contributed by atoms with Crippen LogP contribution in [-0.4, -0.2) is 0 Å². The Bertz CT molecular complexity index is 572. The van der Waals surface area contributed by atoms with Gasteiger partial charge in [-0.1, -0.05) is 48.0 Å². The molecule has 0 aliphatic heterocycles. The van der Waals surface area contributed by atoms with E-state index >= 15 is 0 Å². The lowest BCUT2D eigenvalue weighted by molar-refractivity contribution is 0.471. The van der Waals surface area contributed by atoms with Gasteiger partial charge in [0.1, 0.15) is 5.82 Å². The maximum Gasteiger partial charge on any atom is 0.127 e. The summed E-state index contributed by atoms with van der Waals surface area (Å²) in [6.07, 6.45) is 2.53. The zero-order valence-corrected chi connectivity index (χ0v) is 11.8. The molecule has 1 atom stereocenters. The number of hydrogen-bond acceptors (Lipinski definition) is 1. The van der Waals surface area contributed by atoms with Crippen molar-refractivity contribution in [2.45, 2.75) is 32.4 Å². The number of aryl methyl sites for hydroxylation is 1. The minimum absolute atomic E-state index is 0.126. The molecule has 1 unspecified atom stereocenters. The van der Waals surface area contributed by atoms with Gasteiger partial charge in [0.05, 0.1) is 0 Å². The molecule has 0 aromatic heterocycles. The van der Waals surface area contributed by atoms with E-state index in [0.717, 1.165) is 5.56 Å². The first-order valence-electron chi connectivity index (χ1n) is 7.27. The van der Waals surface area contributed by atoms with Crippen molar-refractivity contribution in [2.24, 2.45) is 5.92 Å². The SMILES string of the molecule is Cc1ccc(C(NCc2ccccc2F)C2CC2)cc1. The molecule has 1 aliphatic carbocycles. The normalized spacial score (nSPS) is 16.1. The van der Waals surface area contributed by atoms with Crippen LogP contribution in [0, 0.1) is 18.7 Å². The van der Waals surface area contributed by atoms with Crippen LogP contribution in [-0.2, 0) is 6.54 Å². The third kappa shape index (κ3) is 3.07. The largest absolute Gasteiger partial charge is 0.306 e. The highest BCUT2D eigenvalue weighted by atomic mass is 19.1. The molecule has 104 valence electrons. The average Bonchev–Trinajstić information content (AvgIpc) is 3.27. The van der Waals surface area contributed by atoms with Crippen LogP contribution >= 0.6 is 0 Å². The topological polar surface area (TPSA) is 12.0 Å². The van der Waals surface area contributed by atoms with Crippen molar-refractivity contribution in [3.8, 4) is 0 Å². The van der Waals surface area contributed by atoms with Crippen LogP contribution < -0.4 is 5.32 Å². The molecule has 3 rings (SSSR count). The van der Waals surface area contributed by atoms with Crippen molar-refractivity contribution in [1.82, 2.24) is 5.32 Å². The van der Waals surface area contributed by atoms with Crippen LogP contribution in [0.3, 0.4) is 0 Å². The first-order chi connectivity index (χ1) is 9.74. The van der Waals surface area contributed by atoms with Crippen molar-refractivity contribution < 1.29 is 4.39 Å². The predicted molar refractivity (Wildman–Crippen MR) is 79.9 cm³/mol. The van der Waals surface area contributed by atoms with E-state index < -0.39 is 0 Å². The van der Waals surface area contributed by atoms with E-state index in [1.807, 2.05) is 12.1 Å². The standard InChI is InChI=1S/C18H20FN/c1-13-6-8-14(9-7-13)18(15-10-11-15)20-12-16-4-2-3-5-17(16)19/h2-9,15,18,20H,10-12H2,1H3. The molecule has 0 bridgehead atoms. The molecule has 2 aromatic rings. The van der Waals surface area contributed by atoms with Crippen molar-refractivity contribution in [2.75, 3.05) is 0 Å². The lowest BCUT2D eigenvalue weighted by Crippen LogP contribution is -2.23. The van der Waals surface area contributed by atoms with Crippen LogP contribution in [0.1, 0.15) is 35.6 Å². The van der Waals surface area contributed by atoms with E-state index in [9.17, 15) is 4.39 Å². The Labute approximate surface area is 119 Å². The summed E-state index contributed by atoms with van der Waals surface area (Å²) in [5.74, 6) is 0.572. The molecular weight excluding hydrogens is 249 g/mol. The van der Waals surface area contributed by atoms with Crippen molar-refractivity contribution in [3.63, 3.8) is 0 Å². The van der Waals surface area contributed by atoms with Gasteiger partial charge in [-0.25, -0.2) is 4.39 Å². The highest BCUT2D eigenvalue weighted by molar-refractivity contribution is 5.26. The Morgan fingerprint density at radius 2 is 1.80 bits per heavy atom. The summed E-state index contributed by atoms with van der Waals surface area (Å²) < 4.78 is 13.7. The summed E-state index contributed by atoms with van der Waals surface area (Å²) in [6, 6.07) is 16.0. The van der Waals surface area contributed by atoms with E-state index in [1.165, 1.54) is 30.0 Å². The molecule has 2 heteroatoms. The number of nitrogens with one attached hydrogen (secondary N) is 1. The minimum Gasteiger partial charge on any atom is -0.306 e. The summed E-state index contributed by atoms with van der Waals surface area (Å²) in [6.45, 7) is 2.68. The van der Waals surface area contributed by atoms with Crippen LogP contribution in [0.25, 0.3) is 0 Å². The van der Waals surface area contributed by atoms with E-state index in [4.69, 9.17) is 0 Å². The molecule has 0 saturated heterocycles. The smallest absolute Gasteiger partial charge is 0.127 e. The molecule has 1 aliphatic rings. The molecule has 2 aromatic carbocycles. The zero-order valence-electron chi connectivity index (χ0n) is 11.8. The summed E-state index contributed by atoms with van der Waals surface area (Å²) in [5, 5.41) is 3.53. The molecule has 0 spiro atoms. The van der Waals surface area contributed by atoms with E-state index in [-0.39, 0.29) is 5.82 Å². The second-order valence-electron chi connectivity index (χ2n) is 5.70. The highest BCUT2D eigenvalue weighted by Gasteiger charge is 2.31. The summed E-state index contributed by atoms with van der Waals surface area (Å²) >= 11 is 0. The van der Waals surface area contributed by atoms with Gasteiger partial charge in [-0.05, 0) is 37.3 Å². The van der Waals surface area contributed by atoms with E-state index in [1.54, 1.807) is 6.07 Å². The molecule has 1 N–H and O–H groups in total. The molecule has 20 heavy (non-hydrogen) atoms. The average molecular weight is 269 g/mol. The first-order valence-corrected chi connectivity index (χ1v) is 7.27. The van der Waals surface area contributed by atoms with Gasteiger partial charge < -0.3 is 5.32 Å². The van der Waals surface area contributed by atoms with Gasteiger partial charge in [0.2, 0.25) is 0 Å². The van der Waals surface area contributed by atoms with E-state index in [2.05, 4.69) is 36.5 Å². The van der Waals surface area contributed by atoms with Crippen molar-refractivity contribution >= 4 is 0 Å². The van der Waals surface area contributed by atoms with Crippen LogP contribution in [0.2, 0.25) is 0 Å². The van der Waals surface area contributed by atoms with Crippen LogP contribution in [0.15, 0.2) is 48.5 Å². The zero-order chi connectivity index (χ0) is 13.9. The summed E-state index contributed by atoms with van der Waals surface area (Å²) in [5.41, 5.74) is 3.33. The van der Waals surface area contributed by atoms with Crippen LogP contribution in [0.5, 0.6) is 0 Å². The fourth-order valence-corrected chi connectivity index (χ4v) is 2.62. The number of rotatable bonds is 5. The monoisotopic (exact) mass is 269 g/mol. The van der Waals surface area contributed by atoms with Crippen molar-refractivity contribution in [1.29, 1.82) is 0 Å². The fourth-order valence-electron chi connectivity index (χ4n) is 2.62. The Kier molecular flexibility index (Phi) is 3.83. The van der Waals surface area contributed by atoms with Gasteiger partial charge in [-0.15, -0.1) is 0 Å². The molecule has 0 heterocycles. The maximum absolute atomic E-state index is 13.7. The molecule has 1 saturated carbocycles. The molecule has 1 fully saturated rings. The van der Waals surface area contributed by atoms with Gasteiger partial charge >= 0.3 is 0 Å². The Hall–Kier alpha value is -1.67. The van der Waals surface area contributed by atoms with Crippen molar-refractivity contribution in [3.05, 3.63) is 71.0 Å². The summed E-state index contributed by atoms with van der Waals surface area (Å²) in [4.78, 5) is 0. The van der Waals surface area contributed by atoms with Gasteiger partial charge in [0, 0.05) is 18.2 Å². The van der Waals surface area contributed by atoms with Gasteiger partial charge in [-0.2, -0.15) is 0 Å². The quantitative estimate of drug-likeness (QED) is 0.849. The third-order valence-electron chi connectivity index (χ3n) is 4.00. The second-order valence-corrected chi connectivity index (χ2v) is 5.70. The number of benzene rings is 2. The van der Waals surface area contributed by atoms with Gasteiger partial charge in [0.25, 0.3) is 0 Å². The Morgan fingerprint density at radius 1 is 1.10 bits per heavy atom. The second kappa shape index (κ2) is 5.76. The fraction of sp³-hybridized carbons (Fsp3) is 0.333. The van der Waals surface area contributed by atoms with Gasteiger partial charge in [-0.3, -0.25) is 0 Å². The molecule has 1 nitrogen and oxygen atoms in total. The van der Waals surface area contributed by atoms with E-state index in [0.29, 0.717) is 18.5 Å². The predicted octanol–water partition coefficient (Wildman–Crippen LogP) is 4.38. The van der Waals surface area contributed by atoms with Crippen LogP contribution in [0.4, 0.5) is 4.39 Å². The third-order valence-corrected chi connectivity index (χ3v) is 4.00. The maximum atomic E-state index is 13.7. The molecular formula is C18H20FN. The lowest BCUT2D eigenvalue weighted by Gasteiger charge is -2.19. The number of hydrogen-bond donors (Lipinski definition) is 1. The minimum atomic E-state index is -0.126. The molecule has 0 radical (unpaired) electrons. The Balaban J connectivity index is 1.72. The highest BCUT2D eigenvalue weighted by Crippen LogP contribution is 2.41. The Morgan fingerprint density at radius 3 is 2.45 bits per heavy atom.